The zero-order valence-electron chi connectivity index (χ0n) is 9.06. The number of rotatable bonds is 3. The van der Waals surface area contributed by atoms with Crippen LogP contribution in [0.15, 0.2) is 0 Å². The highest BCUT2D eigenvalue weighted by Gasteiger charge is 2.44. The summed E-state index contributed by atoms with van der Waals surface area (Å²) in [5.41, 5.74) is 0. The number of halogens is 1. The molecule has 1 atom stereocenters. The minimum atomic E-state index is -3.86. The Morgan fingerprint density at radius 1 is 1.25 bits per heavy atom. The first kappa shape index (κ1) is 12.2. The smallest absolute Gasteiger partial charge is 0.274 e. The Labute approximate surface area is 101 Å². The van der Waals surface area contributed by atoms with Crippen LogP contribution in [-0.2, 0) is 14.0 Å². The molecule has 1 saturated carbocycles. The fraction of sp³-hybridized carbons (Fsp3) is 0.900. The van der Waals surface area contributed by atoms with Gasteiger partial charge in [-0.25, -0.2) is 4.31 Å². The Kier molecular flexibility index (Phi) is 3.45. The first-order valence-corrected chi connectivity index (χ1v) is 8.02. The molecule has 0 radical (unpaired) electrons. The average Bonchev–Trinajstić information content (AvgIpc) is 2.15. The number of amides is 1. The predicted octanol–water partition coefficient (Wildman–Crippen LogP) is 2.04. The van der Waals surface area contributed by atoms with E-state index in [0.717, 1.165) is 23.6 Å². The predicted molar refractivity (Wildman–Crippen MR) is 61.2 cm³/mol. The van der Waals surface area contributed by atoms with Gasteiger partial charge in [-0.1, -0.05) is 32.1 Å². The highest BCUT2D eigenvalue weighted by Crippen LogP contribution is 2.35. The zero-order chi connectivity index (χ0) is 11.8. The van der Waals surface area contributed by atoms with E-state index in [9.17, 15) is 13.2 Å². The van der Waals surface area contributed by atoms with Crippen molar-refractivity contribution < 1.29 is 13.2 Å². The topological polar surface area (TPSA) is 54.5 Å². The molecule has 1 heterocycles. The van der Waals surface area contributed by atoms with Crippen molar-refractivity contribution >= 4 is 25.8 Å². The molecule has 2 rings (SSSR count). The Balaban J connectivity index is 1.93. The van der Waals surface area contributed by atoms with Crippen molar-refractivity contribution in [3.8, 4) is 0 Å². The monoisotopic (exact) mass is 265 g/mol. The van der Waals surface area contributed by atoms with Gasteiger partial charge >= 0.3 is 9.24 Å². The van der Waals surface area contributed by atoms with Crippen LogP contribution in [0.4, 0.5) is 0 Å². The summed E-state index contributed by atoms with van der Waals surface area (Å²) >= 11 is 0. The lowest BCUT2D eigenvalue weighted by atomic mass is 9.82. The summed E-state index contributed by atoms with van der Waals surface area (Å²) in [6.45, 7) is 0. The molecular formula is C10H16ClNO3S. The van der Waals surface area contributed by atoms with Gasteiger partial charge in [-0.15, -0.1) is 0 Å². The second-order valence-corrected chi connectivity index (χ2v) is 7.12. The van der Waals surface area contributed by atoms with Crippen molar-refractivity contribution in [2.45, 2.75) is 51.0 Å². The van der Waals surface area contributed by atoms with Gasteiger partial charge < -0.3 is 0 Å². The fourth-order valence-corrected chi connectivity index (χ4v) is 4.16. The normalized spacial score (nSPS) is 27.9. The minimum absolute atomic E-state index is 0.182. The largest absolute Gasteiger partial charge is 0.324 e. The molecule has 6 heteroatoms. The van der Waals surface area contributed by atoms with Crippen LogP contribution in [0.5, 0.6) is 0 Å². The molecule has 0 spiro atoms. The van der Waals surface area contributed by atoms with Crippen LogP contribution < -0.4 is 0 Å². The van der Waals surface area contributed by atoms with Crippen molar-refractivity contribution in [1.29, 1.82) is 0 Å². The van der Waals surface area contributed by atoms with Gasteiger partial charge in [0.05, 0.1) is 6.04 Å². The van der Waals surface area contributed by atoms with Crippen LogP contribution in [0, 0.1) is 5.92 Å². The third-order valence-corrected chi connectivity index (χ3v) is 4.97. The number of hydrogen-bond donors (Lipinski definition) is 0. The second-order valence-electron chi connectivity index (χ2n) is 4.73. The number of nitrogens with zero attached hydrogens (tertiary/aromatic N) is 1. The highest BCUT2D eigenvalue weighted by atomic mass is 35.7. The maximum atomic E-state index is 11.2. The van der Waals surface area contributed by atoms with Gasteiger partial charge in [0, 0.05) is 17.1 Å². The molecule has 0 N–H and O–H groups in total. The molecule has 1 saturated heterocycles. The summed E-state index contributed by atoms with van der Waals surface area (Å²) in [6.07, 6.45) is 7.15. The van der Waals surface area contributed by atoms with E-state index in [2.05, 4.69) is 0 Å². The molecule has 0 aromatic heterocycles. The van der Waals surface area contributed by atoms with Crippen LogP contribution in [0.25, 0.3) is 0 Å². The van der Waals surface area contributed by atoms with E-state index in [-0.39, 0.29) is 11.9 Å². The van der Waals surface area contributed by atoms with E-state index < -0.39 is 9.24 Å². The summed E-state index contributed by atoms with van der Waals surface area (Å²) in [7, 11) is 1.36. The molecule has 1 aliphatic carbocycles. The molecule has 2 fully saturated rings. The molecule has 1 amide bonds. The van der Waals surface area contributed by atoms with Crippen LogP contribution in [0.1, 0.15) is 44.9 Å². The van der Waals surface area contributed by atoms with Crippen molar-refractivity contribution in [1.82, 2.24) is 4.31 Å². The average molecular weight is 266 g/mol. The molecule has 0 aromatic rings. The second kappa shape index (κ2) is 4.53. The maximum absolute atomic E-state index is 11.2. The van der Waals surface area contributed by atoms with E-state index in [0.29, 0.717) is 12.3 Å². The maximum Gasteiger partial charge on any atom is 0.324 e. The number of β-lactam (4-membered cyclic amide) rings is 1. The number of carbonyl (C=O) groups is 1. The van der Waals surface area contributed by atoms with E-state index in [1.54, 1.807) is 0 Å². The molecule has 92 valence electrons. The third-order valence-electron chi connectivity index (χ3n) is 3.55. The van der Waals surface area contributed by atoms with Gasteiger partial charge in [-0.2, -0.15) is 8.42 Å². The number of carbonyl (C=O) groups excluding carboxylic acids is 1. The summed E-state index contributed by atoms with van der Waals surface area (Å²) in [5.74, 6) is 0.198. The third kappa shape index (κ3) is 2.51. The van der Waals surface area contributed by atoms with Gasteiger partial charge in [-0.05, 0) is 12.3 Å². The summed E-state index contributed by atoms with van der Waals surface area (Å²) in [6, 6.07) is -0.182. The van der Waals surface area contributed by atoms with Crippen LogP contribution in [0.2, 0.25) is 0 Å². The van der Waals surface area contributed by atoms with Gasteiger partial charge in [0.2, 0.25) is 5.91 Å². The SMILES string of the molecule is O=C1CC(CC2CCCCC2)N1S(=O)(=O)Cl. The van der Waals surface area contributed by atoms with Gasteiger partial charge in [-0.3, -0.25) is 4.79 Å². The lowest BCUT2D eigenvalue weighted by molar-refractivity contribution is -0.138. The quantitative estimate of drug-likeness (QED) is 0.580. The van der Waals surface area contributed by atoms with E-state index in [4.69, 9.17) is 10.7 Å². The fourth-order valence-electron chi connectivity index (χ4n) is 2.75. The minimum Gasteiger partial charge on any atom is -0.274 e. The van der Waals surface area contributed by atoms with Crippen molar-refractivity contribution in [2.75, 3.05) is 0 Å². The van der Waals surface area contributed by atoms with Crippen molar-refractivity contribution in [2.24, 2.45) is 5.92 Å². The first-order valence-electron chi connectivity index (χ1n) is 5.75. The molecule has 0 bridgehead atoms. The lowest BCUT2D eigenvalue weighted by Gasteiger charge is -2.39. The summed E-state index contributed by atoms with van der Waals surface area (Å²) < 4.78 is 23.1. The van der Waals surface area contributed by atoms with Crippen molar-refractivity contribution in [3.63, 3.8) is 0 Å². The van der Waals surface area contributed by atoms with Crippen molar-refractivity contribution in [3.05, 3.63) is 0 Å². The molecule has 0 aromatic carbocycles. The highest BCUT2D eigenvalue weighted by molar-refractivity contribution is 8.12. The Bertz CT molecular complexity index is 376. The van der Waals surface area contributed by atoms with Gasteiger partial charge in [0.25, 0.3) is 0 Å². The van der Waals surface area contributed by atoms with Crippen LogP contribution >= 0.6 is 10.7 Å². The lowest BCUT2D eigenvalue weighted by Crippen LogP contribution is -2.54. The van der Waals surface area contributed by atoms with E-state index in [1.165, 1.54) is 19.3 Å². The van der Waals surface area contributed by atoms with Gasteiger partial charge in [0.15, 0.2) is 0 Å². The molecule has 2 aliphatic rings. The standard InChI is InChI=1S/C10H16ClNO3S/c11-16(14,15)12-9(7-10(12)13)6-8-4-2-1-3-5-8/h8-9H,1-7H2. The van der Waals surface area contributed by atoms with Crippen LogP contribution in [0.3, 0.4) is 0 Å². The first-order chi connectivity index (χ1) is 7.48. The zero-order valence-corrected chi connectivity index (χ0v) is 10.6. The van der Waals surface area contributed by atoms with Gasteiger partial charge in [0.1, 0.15) is 0 Å². The van der Waals surface area contributed by atoms with E-state index >= 15 is 0 Å². The molecule has 4 nitrogen and oxygen atoms in total. The Morgan fingerprint density at radius 2 is 1.88 bits per heavy atom. The van der Waals surface area contributed by atoms with E-state index in [1.807, 2.05) is 0 Å². The molecule has 1 aliphatic heterocycles. The molecule has 1 unspecified atom stereocenters. The number of hydrogen-bond acceptors (Lipinski definition) is 3. The Hall–Kier alpha value is -0.290. The van der Waals surface area contributed by atoms with Crippen LogP contribution in [-0.4, -0.2) is 24.7 Å². The summed E-state index contributed by atoms with van der Waals surface area (Å²) in [4.78, 5) is 11.2. The Morgan fingerprint density at radius 3 is 2.38 bits per heavy atom. The molecule has 16 heavy (non-hydrogen) atoms. The summed E-state index contributed by atoms with van der Waals surface area (Å²) in [5, 5.41) is 0. The molecular weight excluding hydrogens is 250 g/mol.